The molecule has 3 amide bonds. The molecule has 1 heterocycles. The van der Waals surface area contributed by atoms with Gasteiger partial charge in [-0.2, -0.15) is 0 Å². The minimum Gasteiger partial charge on any atom is -0.350 e. The normalized spacial score (nSPS) is 22.6. The van der Waals surface area contributed by atoms with Crippen molar-refractivity contribution in [3.8, 4) is 0 Å². The van der Waals surface area contributed by atoms with Gasteiger partial charge in [0.25, 0.3) is 0 Å². The van der Waals surface area contributed by atoms with Crippen LogP contribution in [0.5, 0.6) is 0 Å². The summed E-state index contributed by atoms with van der Waals surface area (Å²) < 4.78 is 0. The molecular formula is C29H36N4O3. The van der Waals surface area contributed by atoms with E-state index < -0.39 is 23.9 Å². The third-order valence-electron chi connectivity index (χ3n) is 7.42. The van der Waals surface area contributed by atoms with Crippen molar-refractivity contribution in [2.24, 2.45) is 11.7 Å². The van der Waals surface area contributed by atoms with Crippen LogP contribution in [0.2, 0.25) is 0 Å². The molecule has 7 heteroatoms. The summed E-state index contributed by atoms with van der Waals surface area (Å²) in [6.07, 6.45) is 2.64. The van der Waals surface area contributed by atoms with Crippen molar-refractivity contribution in [1.82, 2.24) is 15.5 Å². The van der Waals surface area contributed by atoms with E-state index in [9.17, 15) is 14.4 Å². The van der Waals surface area contributed by atoms with Gasteiger partial charge < -0.3 is 21.3 Å². The molecule has 2 fully saturated rings. The summed E-state index contributed by atoms with van der Waals surface area (Å²) in [7, 11) is 0. The van der Waals surface area contributed by atoms with Crippen LogP contribution < -0.4 is 16.4 Å². The number of hydrogen-bond acceptors (Lipinski definition) is 4. The van der Waals surface area contributed by atoms with Crippen LogP contribution in [0.3, 0.4) is 0 Å². The van der Waals surface area contributed by atoms with Crippen molar-refractivity contribution in [2.75, 3.05) is 6.54 Å². The SMILES string of the molecule is C=C(C)C(NC(=O)[C@H](C)N)C(=O)N1CCC2CCC(NC(=O)C(c3ccccc3)c3ccccc3)C21. The number of nitrogens with zero attached hydrogens (tertiary/aromatic N) is 1. The Morgan fingerprint density at radius 2 is 1.53 bits per heavy atom. The van der Waals surface area contributed by atoms with Gasteiger partial charge in [0.15, 0.2) is 0 Å². The molecule has 7 nitrogen and oxygen atoms in total. The fourth-order valence-corrected chi connectivity index (χ4v) is 5.61. The number of benzene rings is 2. The smallest absolute Gasteiger partial charge is 0.249 e. The zero-order valence-corrected chi connectivity index (χ0v) is 21.0. The van der Waals surface area contributed by atoms with E-state index in [0.29, 0.717) is 18.0 Å². The summed E-state index contributed by atoms with van der Waals surface area (Å²) in [6.45, 7) is 7.84. The maximum Gasteiger partial charge on any atom is 0.249 e. The maximum absolute atomic E-state index is 13.7. The van der Waals surface area contributed by atoms with Crippen molar-refractivity contribution in [3.63, 3.8) is 0 Å². The van der Waals surface area contributed by atoms with Crippen LogP contribution in [0.15, 0.2) is 72.8 Å². The van der Waals surface area contributed by atoms with E-state index in [1.165, 1.54) is 0 Å². The molecule has 4 unspecified atom stereocenters. The fraction of sp³-hybridized carbons (Fsp3) is 0.414. The van der Waals surface area contributed by atoms with E-state index in [-0.39, 0.29) is 23.9 Å². The van der Waals surface area contributed by atoms with Crippen LogP contribution in [0.4, 0.5) is 0 Å². The summed E-state index contributed by atoms with van der Waals surface area (Å²) in [5.41, 5.74) is 8.12. The van der Waals surface area contributed by atoms with Crippen LogP contribution in [-0.2, 0) is 14.4 Å². The molecule has 190 valence electrons. The molecule has 1 saturated heterocycles. The molecule has 0 bridgehead atoms. The highest BCUT2D eigenvalue weighted by Gasteiger charge is 2.48. The number of carbonyl (C=O) groups excluding carboxylic acids is 3. The standard InChI is InChI=1S/C29H36N4O3/c1-18(2)25(32-27(34)19(3)30)29(36)33-17-16-22-14-15-23(26(22)33)31-28(35)24(20-10-6-4-7-11-20)21-12-8-5-9-13-21/h4-13,19,22-26H,1,14-17,30H2,2-3H3,(H,31,35)(H,32,34)/t19-,22?,23?,25?,26?/m0/s1. The topological polar surface area (TPSA) is 105 Å². The Morgan fingerprint density at radius 3 is 2.06 bits per heavy atom. The Balaban J connectivity index is 1.54. The summed E-state index contributed by atoms with van der Waals surface area (Å²) in [6, 6.07) is 17.7. The fourth-order valence-electron chi connectivity index (χ4n) is 5.61. The average Bonchev–Trinajstić information content (AvgIpc) is 3.46. The van der Waals surface area contributed by atoms with Gasteiger partial charge in [-0.25, -0.2) is 0 Å². The highest BCUT2D eigenvalue weighted by atomic mass is 16.2. The van der Waals surface area contributed by atoms with Gasteiger partial charge in [0, 0.05) is 12.6 Å². The van der Waals surface area contributed by atoms with E-state index in [2.05, 4.69) is 17.2 Å². The quantitative estimate of drug-likeness (QED) is 0.497. The number of hydrogen-bond donors (Lipinski definition) is 3. The Kier molecular flexibility index (Phi) is 7.89. The van der Waals surface area contributed by atoms with Gasteiger partial charge in [-0.15, -0.1) is 0 Å². The highest BCUT2D eigenvalue weighted by Crippen LogP contribution is 2.39. The molecule has 0 radical (unpaired) electrons. The summed E-state index contributed by atoms with van der Waals surface area (Å²) >= 11 is 0. The molecule has 36 heavy (non-hydrogen) atoms. The van der Waals surface area contributed by atoms with Crippen molar-refractivity contribution in [2.45, 2.75) is 63.2 Å². The molecule has 2 aromatic rings. The lowest BCUT2D eigenvalue weighted by molar-refractivity contribution is -0.137. The summed E-state index contributed by atoms with van der Waals surface area (Å²) in [5.74, 6) is -0.768. The van der Waals surface area contributed by atoms with E-state index in [4.69, 9.17) is 5.73 Å². The first kappa shape index (κ1) is 25.6. The van der Waals surface area contributed by atoms with Gasteiger partial charge >= 0.3 is 0 Å². The number of fused-ring (bicyclic) bond motifs is 1. The molecule has 2 aromatic carbocycles. The first-order valence-electron chi connectivity index (χ1n) is 12.7. The zero-order chi connectivity index (χ0) is 25.8. The van der Waals surface area contributed by atoms with Gasteiger partial charge in [0.05, 0.1) is 18.0 Å². The van der Waals surface area contributed by atoms with E-state index in [0.717, 1.165) is 30.4 Å². The lowest BCUT2D eigenvalue weighted by Crippen LogP contribution is -2.57. The second-order valence-corrected chi connectivity index (χ2v) is 10.1. The lowest BCUT2D eigenvalue weighted by Gasteiger charge is -2.34. The Hall–Kier alpha value is -3.45. The number of nitrogens with two attached hydrogens (primary N) is 1. The first-order valence-corrected chi connectivity index (χ1v) is 12.7. The molecule has 4 rings (SSSR count). The lowest BCUT2D eigenvalue weighted by atomic mass is 9.90. The Morgan fingerprint density at radius 1 is 0.944 bits per heavy atom. The molecule has 4 N–H and O–H groups in total. The second kappa shape index (κ2) is 11.1. The average molecular weight is 489 g/mol. The van der Waals surface area contributed by atoms with Crippen molar-refractivity contribution < 1.29 is 14.4 Å². The Bertz CT molecular complexity index is 1060. The third-order valence-corrected chi connectivity index (χ3v) is 7.42. The van der Waals surface area contributed by atoms with E-state index in [1.54, 1.807) is 13.8 Å². The first-order chi connectivity index (χ1) is 17.3. The van der Waals surface area contributed by atoms with E-state index in [1.807, 2.05) is 65.6 Å². The van der Waals surface area contributed by atoms with Gasteiger partial charge in [-0.05, 0) is 55.7 Å². The number of carbonyl (C=O) groups is 3. The third kappa shape index (κ3) is 5.36. The van der Waals surface area contributed by atoms with E-state index >= 15 is 0 Å². The number of rotatable bonds is 8. The minimum absolute atomic E-state index is 0.0703. The summed E-state index contributed by atoms with van der Waals surface area (Å²) in [4.78, 5) is 41.4. The van der Waals surface area contributed by atoms with Crippen molar-refractivity contribution in [1.29, 1.82) is 0 Å². The zero-order valence-electron chi connectivity index (χ0n) is 21.0. The van der Waals surface area contributed by atoms with Gasteiger partial charge in [-0.1, -0.05) is 67.2 Å². The number of amides is 3. The molecule has 0 spiro atoms. The van der Waals surface area contributed by atoms with Gasteiger partial charge in [0.2, 0.25) is 17.7 Å². The van der Waals surface area contributed by atoms with Gasteiger partial charge in [-0.3, -0.25) is 14.4 Å². The van der Waals surface area contributed by atoms with Crippen LogP contribution in [0.25, 0.3) is 0 Å². The van der Waals surface area contributed by atoms with Crippen LogP contribution in [-0.4, -0.2) is 53.3 Å². The molecule has 0 aromatic heterocycles. The maximum atomic E-state index is 13.7. The predicted molar refractivity (Wildman–Crippen MR) is 140 cm³/mol. The van der Waals surface area contributed by atoms with Crippen LogP contribution in [0, 0.1) is 5.92 Å². The van der Waals surface area contributed by atoms with Crippen molar-refractivity contribution in [3.05, 3.63) is 83.9 Å². The monoisotopic (exact) mass is 488 g/mol. The highest BCUT2D eigenvalue weighted by molar-refractivity contribution is 5.92. The van der Waals surface area contributed by atoms with Crippen LogP contribution in [0.1, 0.15) is 50.2 Å². The van der Waals surface area contributed by atoms with Crippen LogP contribution >= 0.6 is 0 Å². The van der Waals surface area contributed by atoms with Gasteiger partial charge in [0.1, 0.15) is 6.04 Å². The molecule has 2 aliphatic rings. The summed E-state index contributed by atoms with van der Waals surface area (Å²) in [5, 5.41) is 6.04. The minimum atomic E-state index is -0.833. The largest absolute Gasteiger partial charge is 0.350 e. The number of nitrogens with one attached hydrogen (secondary N) is 2. The predicted octanol–water partition coefficient (Wildman–Crippen LogP) is 2.72. The molecule has 1 saturated carbocycles. The molecular weight excluding hydrogens is 452 g/mol. The Labute approximate surface area is 213 Å². The molecule has 1 aliphatic carbocycles. The number of likely N-dealkylation sites (tertiary alicyclic amines) is 1. The molecule has 1 aliphatic heterocycles. The second-order valence-electron chi connectivity index (χ2n) is 10.1. The molecule has 5 atom stereocenters. The van der Waals surface area contributed by atoms with Crippen molar-refractivity contribution >= 4 is 17.7 Å².